The van der Waals surface area contributed by atoms with Gasteiger partial charge in [-0.15, -0.1) is 0 Å². The molecule has 1 fully saturated rings. The molecule has 1 saturated heterocycles. The Balaban J connectivity index is 1.55. The molecule has 166 valence electrons. The average molecular weight is 441 g/mol. The Morgan fingerprint density at radius 3 is 2.45 bits per heavy atom. The highest BCUT2D eigenvalue weighted by molar-refractivity contribution is 5.98. The smallest absolute Gasteiger partial charge is 0.298 e. The number of nitrogens with two attached hydrogens (primary N) is 1. The number of carbonyl (C=O) groups excluding carboxylic acids is 2. The van der Waals surface area contributed by atoms with Crippen LogP contribution >= 0.6 is 0 Å². The second kappa shape index (κ2) is 9.96. The molecule has 2 aromatic heterocycles. The van der Waals surface area contributed by atoms with Crippen molar-refractivity contribution in [1.82, 2.24) is 14.9 Å². The fourth-order valence-corrected chi connectivity index (χ4v) is 3.89. The van der Waals surface area contributed by atoms with Crippen LogP contribution in [0.5, 0.6) is 11.6 Å². The average Bonchev–Trinajstić information content (AvgIpc) is 2.85. The third-order valence-corrected chi connectivity index (χ3v) is 5.60. The fraction of sp³-hybridized carbons (Fsp3) is 0.231. The van der Waals surface area contributed by atoms with Gasteiger partial charge in [0.25, 0.3) is 11.8 Å². The second-order valence-electron chi connectivity index (χ2n) is 7.73. The summed E-state index contributed by atoms with van der Waals surface area (Å²) in [6, 6.07) is 16.4. The molecule has 0 aliphatic carbocycles. The van der Waals surface area contributed by atoms with Crippen molar-refractivity contribution < 1.29 is 14.3 Å². The zero-order valence-electron chi connectivity index (χ0n) is 18.3. The van der Waals surface area contributed by atoms with Crippen LogP contribution in [0.4, 0.5) is 0 Å². The molecule has 0 bridgehead atoms. The van der Waals surface area contributed by atoms with Gasteiger partial charge in [0, 0.05) is 42.5 Å². The van der Waals surface area contributed by atoms with Gasteiger partial charge in [0.1, 0.15) is 5.75 Å². The lowest BCUT2D eigenvalue weighted by Crippen LogP contribution is -2.37. The summed E-state index contributed by atoms with van der Waals surface area (Å²) in [4.78, 5) is 34.8. The highest BCUT2D eigenvalue weighted by Gasteiger charge is 2.25. The molecule has 7 heteroatoms. The Morgan fingerprint density at radius 1 is 1.06 bits per heavy atom. The Labute approximate surface area is 192 Å². The number of hydrogen-bond donors (Lipinski definition) is 1. The lowest BCUT2D eigenvalue weighted by atomic mass is 9.91. The summed E-state index contributed by atoms with van der Waals surface area (Å²) in [7, 11) is 0. The van der Waals surface area contributed by atoms with E-state index < -0.39 is 5.91 Å². The van der Waals surface area contributed by atoms with Crippen molar-refractivity contribution in [3.8, 4) is 34.7 Å². The molecule has 2 N–H and O–H groups in total. The van der Waals surface area contributed by atoms with Gasteiger partial charge in [0.2, 0.25) is 5.88 Å². The van der Waals surface area contributed by atoms with Gasteiger partial charge in [-0.25, -0.2) is 4.98 Å². The van der Waals surface area contributed by atoms with Crippen molar-refractivity contribution in [2.45, 2.75) is 25.7 Å². The third-order valence-electron chi connectivity index (χ3n) is 5.60. The van der Waals surface area contributed by atoms with Gasteiger partial charge in [0.15, 0.2) is 0 Å². The number of aromatic nitrogens is 2. The topological polar surface area (TPSA) is 98.4 Å². The summed E-state index contributed by atoms with van der Waals surface area (Å²) in [6.45, 7) is 2.92. The minimum Gasteiger partial charge on any atom is -0.439 e. The van der Waals surface area contributed by atoms with Crippen molar-refractivity contribution in [1.29, 1.82) is 0 Å². The third kappa shape index (κ3) is 5.18. The summed E-state index contributed by atoms with van der Waals surface area (Å²) in [5.74, 6) is 5.90. The normalized spacial score (nSPS) is 13.7. The maximum atomic E-state index is 12.1. The van der Waals surface area contributed by atoms with Gasteiger partial charge >= 0.3 is 0 Å². The zero-order chi connectivity index (χ0) is 23.2. The quantitative estimate of drug-likeness (QED) is 0.609. The molecular weight excluding hydrogens is 416 g/mol. The molecule has 4 rings (SSSR count). The first-order chi connectivity index (χ1) is 16.0. The van der Waals surface area contributed by atoms with E-state index in [-0.39, 0.29) is 11.8 Å². The summed E-state index contributed by atoms with van der Waals surface area (Å²) in [5.41, 5.74) is 8.18. The summed E-state index contributed by atoms with van der Waals surface area (Å²) in [5, 5.41) is 0. The largest absolute Gasteiger partial charge is 0.439 e. The lowest BCUT2D eigenvalue weighted by Gasteiger charge is -2.30. The Hall–Kier alpha value is -4.18. The minimum atomic E-state index is -0.531. The number of amides is 2. The Bertz CT molecular complexity index is 1210. The number of benzene rings is 1. The number of primary amides is 1. The van der Waals surface area contributed by atoms with Gasteiger partial charge in [-0.1, -0.05) is 12.0 Å². The van der Waals surface area contributed by atoms with E-state index in [0.29, 0.717) is 36.0 Å². The van der Waals surface area contributed by atoms with Crippen LogP contribution in [-0.2, 0) is 4.79 Å². The molecule has 3 heterocycles. The van der Waals surface area contributed by atoms with E-state index >= 15 is 0 Å². The maximum Gasteiger partial charge on any atom is 0.298 e. The van der Waals surface area contributed by atoms with E-state index in [9.17, 15) is 9.59 Å². The molecule has 2 amide bonds. The molecule has 0 atom stereocenters. The number of piperidine rings is 1. The highest BCUT2D eigenvalue weighted by Crippen LogP contribution is 2.31. The van der Waals surface area contributed by atoms with E-state index in [0.717, 1.165) is 24.1 Å². The molecular formula is C26H24N4O3. The molecule has 1 aromatic carbocycles. The first-order valence-corrected chi connectivity index (χ1v) is 10.8. The number of pyridine rings is 2. The Morgan fingerprint density at radius 2 is 1.82 bits per heavy atom. The van der Waals surface area contributed by atoms with Crippen molar-refractivity contribution in [2.24, 2.45) is 5.73 Å². The van der Waals surface area contributed by atoms with Crippen molar-refractivity contribution in [2.75, 3.05) is 13.1 Å². The van der Waals surface area contributed by atoms with E-state index in [1.54, 1.807) is 30.2 Å². The molecule has 1 aliphatic rings. The van der Waals surface area contributed by atoms with Crippen LogP contribution in [0.2, 0.25) is 0 Å². The molecule has 33 heavy (non-hydrogen) atoms. The van der Waals surface area contributed by atoms with Gasteiger partial charge in [-0.2, -0.15) is 0 Å². The second-order valence-corrected chi connectivity index (χ2v) is 7.73. The number of rotatable bonds is 5. The first-order valence-electron chi connectivity index (χ1n) is 10.8. The number of nitrogens with zero attached hydrogens (tertiary/aromatic N) is 3. The lowest BCUT2D eigenvalue weighted by molar-refractivity contribution is -0.126. The first kappa shape index (κ1) is 22.0. The van der Waals surface area contributed by atoms with Crippen LogP contribution in [0.25, 0.3) is 11.3 Å². The maximum absolute atomic E-state index is 12.1. The van der Waals surface area contributed by atoms with Crippen LogP contribution in [0, 0.1) is 11.8 Å². The van der Waals surface area contributed by atoms with Crippen LogP contribution < -0.4 is 10.5 Å². The van der Waals surface area contributed by atoms with E-state index in [1.165, 1.54) is 0 Å². The summed E-state index contributed by atoms with van der Waals surface area (Å²) < 4.78 is 5.75. The molecule has 3 aromatic rings. The van der Waals surface area contributed by atoms with Gasteiger partial charge in [-0.05, 0) is 68.2 Å². The highest BCUT2D eigenvalue weighted by atomic mass is 16.5. The fourth-order valence-electron chi connectivity index (χ4n) is 3.89. The number of ether oxygens (including phenoxy) is 1. The molecule has 0 spiro atoms. The SMILES string of the molecule is CC#CC(=O)N1CCC(c2ccc(C(N)=O)c(-c3ccc(Oc4ccccn4)cc3)n2)CC1. The molecule has 1 aliphatic heterocycles. The minimum absolute atomic E-state index is 0.137. The van der Waals surface area contributed by atoms with Crippen molar-refractivity contribution in [3.63, 3.8) is 0 Å². The molecule has 0 saturated carbocycles. The molecule has 0 radical (unpaired) electrons. The van der Waals surface area contributed by atoms with Gasteiger partial charge in [-0.3, -0.25) is 14.6 Å². The van der Waals surface area contributed by atoms with Gasteiger partial charge < -0.3 is 15.4 Å². The van der Waals surface area contributed by atoms with E-state index in [4.69, 9.17) is 15.5 Å². The Kier molecular flexibility index (Phi) is 6.65. The molecule has 0 unspecified atom stereocenters. The zero-order valence-corrected chi connectivity index (χ0v) is 18.3. The number of hydrogen-bond acceptors (Lipinski definition) is 5. The standard InChI is InChI=1S/C26H24N4O3/c1-2-5-24(31)30-16-13-18(14-17-30)22-12-11-21(26(27)32)25(29-22)19-7-9-20(10-8-19)33-23-6-3-4-15-28-23/h3-4,6-12,15,18H,13-14,16-17H2,1H3,(H2,27,32). The summed E-state index contributed by atoms with van der Waals surface area (Å²) in [6.07, 6.45) is 3.24. The predicted octanol–water partition coefficient (Wildman–Crippen LogP) is 3.76. The monoisotopic (exact) mass is 440 g/mol. The van der Waals surface area contributed by atoms with Crippen molar-refractivity contribution in [3.05, 3.63) is 72.1 Å². The van der Waals surface area contributed by atoms with Crippen molar-refractivity contribution >= 4 is 11.8 Å². The van der Waals surface area contributed by atoms with Crippen LogP contribution in [0.3, 0.4) is 0 Å². The molecule has 7 nitrogen and oxygen atoms in total. The van der Waals surface area contributed by atoms with Crippen LogP contribution in [-0.4, -0.2) is 39.8 Å². The van der Waals surface area contributed by atoms with Gasteiger partial charge in [0.05, 0.1) is 11.3 Å². The summed E-state index contributed by atoms with van der Waals surface area (Å²) >= 11 is 0. The van der Waals surface area contributed by atoms with Crippen LogP contribution in [0.1, 0.15) is 41.7 Å². The predicted molar refractivity (Wildman–Crippen MR) is 125 cm³/mol. The van der Waals surface area contributed by atoms with E-state index in [1.807, 2.05) is 42.5 Å². The van der Waals surface area contributed by atoms with Crippen LogP contribution in [0.15, 0.2) is 60.8 Å². The number of carbonyl (C=O) groups is 2. The van der Waals surface area contributed by atoms with E-state index in [2.05, 4.69) is 16.8 Å². The number of likely N-dealkylation sites (tertiary alicyclic amines) is 1.